The molecule has 0 aliphatic heterocycles. The Balaban J connectivity index is 0.000000450. The normalized spacial score (nSPS) is 15.0. The first-order valence-corrected chi connectivity index (χ1v) is 8.44. The maximum Gasteiger partial charge on any atom is 0.414 e. The number of carboxylic acids is 2. The van der Waals surface area contributed by atoms with Gasteiger partial charge in [0.15, 0.2) is 0 Å². The first-order chi connectivity index (χ1) is 11.7. The van der Waals surface area contributed by atoms with Crippen LogP contribution in [0.25, 0.3) is 0 Å². The average Bonchev–Trinajstić information content (AvgIpc) is 3.04. The first-order valence-electron chi connectivity index (χ1n) is 7.69. The van der Waals surface area contributed by atoms with E-state index in [4.69, 9.17) is 43.0 Å². The molecule has 1 saturated carbocycles. The number of nitrogens with one attached hydrogen (secondary N) is 2. The van der Waals surface area contributed by atoms with Gasteiger partial charge < -0.3 is 20.8 Å². The van der Waals surface area contributed by atoms with Gasteiger partial charge in [0.05, 0.1) is 16.8 Å². The second-order valence-corrected chi connectivity index (χ2v) is 6.44. The van der Waals surface area contributed by atoms with E-state index in [1.54, 1.807) is 18.2 Å². The minimum absolute atomic E-state index is 0.0870. The Labute approximate surface area is 155 Å². The molecule has 0 spiro atoms. The molecule has 25 heavy (non-hydrogen) atoms. The molecule has 2 rings (SSSR count). The van der Waals surface area contributed by atoms with Gasteiger partial charge in [0.2, 0.25) is 5.91 Å². The molecule has 7 nitrogen and oxygen atoms in total. The smallest absolute Gasteiger partial charge is 0.414 e. The summed E-state index contributed by atoms with van der Waals surface area (Å²) in [6, 6.07) is 5.24. The molecule has 0 aromatic heterocycles. The van der Waals surface area contributed by atoms with Gasteiger partial charge in [0, 0.05) is 11.1 Å². The quantitative estimate of drug-likeness (QED) is 0.587. The summed E-state index contributed by atoms with van der Waals surface area (Å²) in [5.74, 6) is -3.74. The van der Waals surface area contributed by atoms with Crippen LogP contribution in [0.2, 0.25) is 10.0 Å². The highest BCUT2D eigenvalue weighted by Crippen LogP contribution is 2.25. The van der Waals surface area contributed by atoms with Crippen LogP contribution in [-0.4, -0.2) is 40.1 Å². The van der Waals surface area contributed by atoms with E-state index < -0.39 is 11.9 Å². The van der Waals surface area contributed by atoms with Crippen molar-refractivity contribution in [1.82, 2.24) is 5.32 Å². The molecule has 0 bridgehead atoms. The van der Waals surface area contributed by atoms with Crippen LogP contribution in [0.3, 0.4) is 0 Å². The number of benzene rings is 1. The summed E-state index contributed by atoms with van der Waals surface area (Å²) in [5.41, 5.74) is 0.555. The van der Waals surface area contributed by atoms with Gasteiger partial charge >= 0.3 is 11.9 Å². The third-order valence-corrected chi connectivity index (χ3v) is 4.17. The van der Waals surface area contributed by atoms with Crippen molar-refractivity contribution < 1.29 is 24.6 Å². The molecule has 4 N–H and O–H groups in total. The summed E-state index contributed by atoms with van der Waals surface area (Å²) in [6.07, 6.45) is 4.78. The molecular formula is C16H20Cl2N2O5. The Bertz CT molecular complexity index is 621. The summed E-state index contributed by atoms with van der Waals surface area (Å²) in [7, 11) is 0. The molecule has 1 aromatic carbocycles. The van der Waals surface area contributed by atoms with Gasteiger partial charge in [-0.2, -0.15) is 0 Å². The van der Waals surface area contributed by atoms with Crippen LogP contribution in [0.1, 0.15) is 32.6 Å². The molecule has 0 radical (unpaired) electrons. The highest BCUT2D eigenvalue weighted by molar-refractivity contribution is 6.35. The van der Waals surface area contributed by atoms with Gasteiger partial charge in [-0.15, -0.1) is 0 Å². The second-order valence-electron chi connectivity index (χ2n) is 5.59. The molecule has 1 atom stereocenters. The number of carbonyl (C=O) groups excluding carboxylic acids is 1. The van der Waals surface area contributed by atoms with Crippen molar-refractivity contribution in [1.29, 1.82) is 0 Å². The van der Waals surface area contributed by atoms with Crippen LogP contribution >= 0.6 is 23.2 Å². The van der Waals surface area contributed by atoms with Crippen LogP contribution in [0.15, 0.2) is 18.2 Å². The lowest BCUT2D eigenvalue weighted by molar-refractivity contribution is -0.159. The van der Waals surface area contributed by atoms with Crippen molar-refractivity contribution in [3.63, 3.8) is 0 Å². The zero-order valence-corrected chi connectivity index (χ0v) is 15.1. The molecule has 1 amide bonds. The fourth-order valence-corrected chi connectivity index (χ4v) is 2.69. The van der Waals surface area contributed by atoms with E-state index in [0.717, 1.165) is 12.8 Å². The topological polar surface area (TPSA) is 116 Å². The van der Waals surface area contributed by atoms with Gasteiger partial charge in [-0.1, -0.05) is 36.0 Å². The van der Waals surface area contributed by atoms with Crippen LogP contribution in [0, 0.1) is 0 Å². The van der Waals surface area contributed by atoms with E-state index in [0.29, 0.717) is 21.8 Å². The molecule has 0 saturated heterocycles. The van der Waals surface area contributed by atoms with Crippen molar-refractivity contribution in [3.8, 4) is 0 Å². The summed E-state index contributed by atoms with van der Waals surface area (Å²) in [5, 5.41) is 22.0. The number of anilines is 1. The summed E-state index contributed by atoms with van der Waals surface area (Å²) < 4.78 is 0. The lowest BCUT2D eigenvalue weighted by Crippen LogP contribution is -2.42. The fourth-order valence-electron chi connectivity index (χ4n) is 2.36. The lowest BCUT2D eigenvalue weighted by Gasteiger charge is -2.19. The van der Waals surface area contributed by atoms with Gasteiger partial charge in [-0.05, 0) is 38.0 Å². The molecule has 1 unspecified atom stereocenters. The zero-order valence-electron chi connectivity index (χ0n) is 13.6. The van der Waals surface area contributed by atoms with Crippen molar-refractivity contribution in [2.45, 2.75) is 44.7 Å². The largest absolute Gasteiger partial charge is 0.473 e. The highest BCUT2D eigenvalue weighted by atomic mass is 35.5. The standard InChI is InChI=1S/C14H18Cl2N2O.C2H2O4/c1-9(17-11-4-2-3-5-11)14(19)18-13-8-10(15)6-7-12(13)16;3-1(4)2(5)6/h6-9,11,17H,2-5H2,1H3,(H,18,19);(H,3,4)(H,5,6). The molecule has 138 valence electrons. The predicted molar refractivity (Wildman–Crippen MR) is 95.2 cm³/mol. The Morgan fingerprint density at radius 1 is 1.12 bits per heavy atom. The Morgan fingerprint density at radius 3 is 2.20 bits per heavy atom. The molecule has 1 aliphatic rings. The second kappa shape index (κ2) is 10.2. The van der Waals surface area contributed by atoms with Crippen LogP contribution in [-0.2, 0) is 14.4 Å². The molecular weight excluding hydrogens is 371 g/mol. The van der Waals surface area contributed by atoms with Gasteiger partial charge in [-0.3, -0.25) is 4.79 Å². The number of aliphatic carboxylic acids is 2. The molecule has 9 heteroatoms. The van der Waals surface area contributed by atoms with E-state index in [1.165, 1.54) is 12.8 Å². The number of amides is 1. The number of rotatable bonds is 4. The molecule has 0 heterocycles. The molecule has 1 aliphatic carbocycles. The first kappa shape index (κ1) is 21.2. The Hall–Kier alpha value is -1.83. The van der Waals surface area contributed by atoms with Crippen molar-refractivity contribution in [3.05, 3.63) is 28.2 Å². The average molecular weight is 391 g/mol. The SMILES string of the molecule is CC(NC1CCCC1)C(=O)Nc1cc(Cl)ccc1Cl.O=C(O)C(=O)O. The van der Waals surface area contributed by atoms with E-state index >= 15 is 0 Å². The van der Waals surface area contributed by atoms with Gasteiger partial charge in [0.25, 0.3) is 0 Å². The number of hydrogen-bond acceptors (Lipinski definition) is 4. The lowest BCUT2D eigenvalue weighted by atomic mass is 10.2. The summed E-state index contributed by atoms with van der Waals surface area (Å²) in [4.78, 5) is 30.3. The van der Waals surface area contributed by atoms with Gasteiger partial charge in [0.1, 0.15) is 0 Å². The third-order valence-electron chi connectivity index (χ3n) is 3.60. The maximum absolute atomic E-state index is 12.1. The van der Waals surface area contributed by atoms with E-state index in [-0.39, 0.29) is 11.9 Å². The van der Waals surface area contributed by atoms with E-state index in [9.17, 15) is 4.79 Å². The van der Waals surface area contributed by atoms with Crippen molar-refractivity contribution in [2.75, 3.05) is 5.32 Å². The maximum atomic E-state index is 12.1. The number of halogens is 2. The van der Waals surface area contributed by atoms with Crippen molar-refractivity contribution >= 4 is 46.7 Å². The summed E-state index contributed by atoms with van der Waals surface area (Å²) >= 11 is 11.9. The van der Waals surface area contributed by atoms with Crippen LogP contribution < -0.4 is 10.6 Å². The third kappa shape index (κ3) is 7.72. The van der Waals surface area contributed by atoms with E-state index in [2.05, 4.69) is 10.6 Å². The van der Waals surface area contributed by atoms with E-state index in [1.807, 2.05) is 6.92 Å². The Morgan fingerprint density at radius 2 is 1.68 bits per heavy atom. The zero-order chi connectivity index (χ0) is 19.0. The minimum Gasteiger partial charge on any atom is -0.473 e. The van der Waals surface area contributed by atoms with Crippen LogP contribution in [0.4, 0.5) is 5.69 Å². The number of carbonyl (C=O) groups is 3. The number of hydrogen-bond donors (Lipinski definition) is 4. The van der Waals surface area contributed by atoms with Crippen molar-refractivity contribution in [2.24, 2.45) is 0 Å². The molecule has 1 fully saturated rings. The number of carboxylic acid groups (broad SMARTS) is 2. The monoisotopic (exact) mass is 390 g/mol. The summed E-state index contributed by atoms with van der Waals surface area (Å²) in [6.45, 7) is 1.87. The Kier molecular flexibility index (Phi) is 8.68. The minimum atomic E-state index is -1.82. The highest BCUT2D eigenvalue weighted by Gasteiger charge is 2.21. The predicted octanol–water partition coefficient (Wildman–Crippen LogP) is 3.01. The van der Waals surface area contributed by atoms with Gasteiger partial charge in [-0.25, -0.2) is 9.59 Å². The fraction of sp³-hybridized carbons (Fsp3) is 0.438. The van der Waals surface area contributed by atoms with Crippen LogP contribution in [0.5, 0.6) is 0 Å². The molecule has 1 aromatic rings.